The third-order valence-electron chi connectivity index (χ3n) is 5.64. The van der Waals surface area contributed by atoms with Crippen LogP contribution >= 0.6 is 0 Å². The number of hydrogen-bond donors (Lipinski definition) is 1. The van der Waals surface area contributed by atoms with Crippen molar-refractivity contribution < 1.29 is 4.74 Å². The van der Waals surface area contributed by atoms with Gasteiger partial charge in [0, 0.05) is 57.3 Å². The molecule has 1 atom stereocenters. The SMILES string of the molecule is NCC1(CN2CCN(C3CCCC3)CC2)CCCOC1. The van der Waals surface area contributed by atoms with Crippen LogP contribution in [0.2, 0.25) is 0 Å². The highest BCUT2D eigenvalue weighted by atomic mass is 16.5. The van der Waals surface area contributed by atoms with Crippen molar-refractivity contribution in [2.75, 3.05) is 52.5 Å². The van der Waals surface area contributed by atoms with Crippen LogP contribution in [-0.4, -0.2) is 68.3 Å². The van der Waals surface area contributed by atoms with Gasteiger partial charge in [-0.3, -0.25) is 4.90 Å². The van der Waals surface area contributed by atoms with Gasteiger partial charge in [-0.05, 0) is 25.7 Å². The van der Waals surface area contributed by atoms with E-state index in [1.54, 1.807) is 0 Å². The lowest BCUT2D eigenvalue weighted by Gasteiger charge is -2.44. The molecule has 0 aromatic rings. The lowest BCUT2D eigenvalue weighted by atomic mass is 9.82. The van der Waals surface area contributed by atoms with E-state index in [0.717, 1.165) is 32.3 Å². The minimum Gasteiger partial charge on any atom is -0.381 e. The van der Waals surface area contributed by atoms with E-state index in [1.807, 2.05) is 0 Å². The molecule has 4 nitrogen and oxygen atoms in total. The van der Waals surface area contributed by atoms with Crippen molar-refractivity contribution in [3.8, 4) is 0 Å². The molecule has 2 heterocycles. The van der Waals surface area contributed by atoms with Gasteiger partial charge >= 0.3 is 0 Å². The Morgan fingerprint density at radius 2 is 1.80 bits per heavy atom. The first-order valence-corrected chi connectivity index (χ1v) is 8.56. The summed E-state index contributed by atoms with van der Waals surface area (Å²) >= 11 is 0. The van der Waals surface area contributed by atoms with Crippen molar-refractivity contribution in [2.45, 2.75) is 44.6 Å². The molecule has 2 aliphatic heterocycles. The largest absolute Gasteiger partial charge is 0.381 e. The van der Waals surface area contributed by atoms with Crippen LogP contribution in [0.1, 0.15) is 38.5 Å². The van der Waals surface area contributed by atoms with Gasteiger partial charge in [0.2, 0.25) is 0 Å². The molecule has 20 heavy (non-hydrogen) atoms. The van der Waals surface area contributed by atoms with Gasteiger partial charge in [-0.15, -0.1) is 0 Å². The molecule has 1 aliphatic carbocycles. The Kier molecular flexibility index (Phi) is 4.97. The standard InChI is InChI=1S/C16H31N3O/c17-12-16(6-3-11-20-14-16)13-18-7-9-19(10-8-18)15-4-1-2-5-15/h15H,1-14,17H2. The van der Waals surface area contributed by atoms with Gasteiger partial charge in [-0.25, -0.2) is 0 Å². The van der Waals surface area contributed by atoms with Crippen LogP contribution in [0.25, 0.3) is 0 Å². The van der Waals surface area contributed by atoms with E-state index in [4.69, 9.17) is 10.5 Å². The third-order valence-corrected chi connectivity index (χ3v) is 5.64. The first-order valence-electron chi connectivity index (χ1n) is 8.56. The van der Waals surface area contributed by atoms with Crippen molar-refractivity contribution in [3.63, 3.8) is 0 Å². The maximum absolute atomic E-state index is 6.07. The smallest absolute Gasteiger partial charge is 0.0546 e. The summed E-state index contributed by atoms with van der Waals surface area (Å²) in [6.07, 6.45) is 8.17. The number of ether oxygens (including phenoxy) is 1. The quantitative estimate of drug-likeness (QED) is 0.843. The molecule has 116 valence electrons. The molecule has 0 amide bonds. The lowest BCUT2D eigenvalue weighted by Crippen LogP contribution is -2.54. The summed E-state index contributed by atoms with van der Waals surface area (Å²) in [4.78, 5) is 5.36. The molecule has 0 aromatic carbocycles. The van der Waals surface area contributed by atoms with Gasteiger partial charge < -0.3 is 15.4 Å². The maximum atomic E-state index is 6.07. The highest BCUT2D eigenvalue weighted by molar-refractivity contribution is 4.89. The fraction of sp³-hybridized carbons (Fsp3) is 1.00. The zero-order valence-electron chi connectivity index (χ0n) is 12.9. The number of piperazine rings is 1. The fourth-order valence-electron chi connectivity index (χ4n) is 4.29. The molecule has 0 radical (unpaired) electrons. The van der Waals surface area contributed by atoms with E-state index < -0.39 is 0 Å². The van der Waals surface area contributed by atoms with E-state index >= 15 is 0 Å². The van der Waals surface area contributed by atoms with Crippen LogP contribution in [0.15, 0.2) is 0 Å². The van der Waals surface area contributed by atoms with Crippen LogP contribution in [0.4, 0.5) is 0 Å². The first-order chi connectivity index (χ1) is 9.81. The summed E-state index contributed by atoms with van der Waals surface area (Å²) in [5.74, 6) is 0. The molecule has 0 spiro atoms. The lowest BCUT2D eigenvalue weighted by molar-refractivity contribution is -0.0308. The van der Waals surface area contributed by atoms with Gasteiger partial charge in [0.15, 0.2) is 0 Å². The van der Waals surface area contributed by atoms with Gasteiger partial charge in [-0.1, -0.05) is 12.8 Å². The minimum absolute atomic E-state index is 0.230. The van der Waals surface area contributed by atoms with E-state index in [-0.39, 0.29) is 5.41 Å². The Hall–Kier alpha value is -0.160. The van der Waals surface area contributed by atoms with Gasteiger partial charge in [0.1, 0.15) is 0 Å². The van der Waals surface area contributed by atoms with E-state index in [1.165, 1.54) is 64.7 Å². The third kappa shape index (κ3) is 3.35. The summed E-state index contributed by atoms with van der Waals surface area (Å²) in [7, 11) is 0. The normalized spacial score (nSPS) is 34.6. The minimum atomic E-state index is 0.230. The summed E-state index contributed by atoms with van der Waals surface area (Å²) in [5, 5.41) is 0. The highest BCUT2D eigenvalue weighted by Gasteiger charge is 2.35. The van der Waals surface area contributed by atoms with E-state index in [9.17, 15) is 0 Å². The number of nitrogens with zero attached hydrogens (tertiary/aromatic N) is 2. The van der Waals surface area contributed by atoms with Gasteiger partial charge in [0.25, 0.3) is 0 Å². The second-order valence-corrected chi connectivity index (χ2v) is 7.11. The molecule has 1 saturated carbocycles. The van der Waals surface area contributed by atoms with E-state index in [2.05, 4.69) is 9.80 Å². The molecule has 3 aliphatic rings. The Labute approximate surface area is 123 Å². The van der Waals surface area contributed by atoms with Crippen molar-refractivity contribution in [1.82, 2.24) is 9.80 Å². The zero-order valence-corrected chi connectivity index (χ0v) is 12.9. The summed E-state index contributed by atoms with van der Waals surface area (Å²) in [5.41, 5.74) is 6.30. The van der Waals surface area contributed by atoms with Gasteiger partial charge in [0.05, 0.1) is 6.61 Å². The molecule has 0 bridgehead atoms. The Morgan fingerprint density at radius 3 is 2.40 bits per heavy atom. The van der Waals surface area contributed by atoms with E-state index in [0.29, 0.717) is 0 Å². The van der Waals surface area contributed by atoms with Crippen LogP contribution in [-0.2, 0) is 4.74 Å². The summed E-state index contributed by atoms with van der Waals surface area (Å²) < 4.78 is 5.70. The molecule has 2 N–H and O–H groups in total. The molecule has 1 unspecified atom stereocenters. The predicted molar refractivity (Wildman–Crippen MR) is 81.8 cm³/mol. The van der Waals surface area contributed by atoms with Crippen molar-refractivity contribution >= 4 is 0 Å². The van der Waals surface area contributed by atoms with Crippen molar-refractivity contribution in [3.05, 3.63) is 0 Å². The van der Waals surface area contributed by atoms with Crippen LogP contribution in [0.5, 0.6) is 0 Å². The molecule has 3 fully saturated rings. The number of hydrogen-bond acceptors (Lipinski definition) is 4. The molecule has 4 heteroatoms. The maximum Gasteiger partial charge on any atom is 0.0546 e. The van der Waals surface area contributed by atoms with Crippen molar-refractivity contribution in [2.24, 2.45) is 11.1 Å². The van der Waals surface area contributed by atoms with Crippen LogP contribution < -0.4 is 5.73 Å². The molecule has 0 aromatic heterocycles. The predicted octanol–water partition coefficient (Wildman–Crippen LogP) is 1.30. The molecular formula is C16H31N3O. The van der Waals surface area contributed by atoms with Crippen LogP contribution in [0, 0.1) is 5.41 Å². The summed E-state index contributed by atoms with van der Waals surface area (Å²) in [6, 6.07) is 0.888. The number of rotatable bonds is 4. The number of nitrogens with two attached hydrogens (primary N) is 1. The Morgan fingerprint density at radius 1 is 1.05 bits per heavy atom. The first kappa shape index (κ1) is 14.8. The fourth-order valence-corrected chi connectivity index (χ4v) is 4.29. The second-order valence-electron chi connectivity index (χ2n) is 7.11. The zero-order chi connectivity index (χ0) is 13.8. The average Bonchev–Trinajstić information content (AvgIpc) is 3.03. The molecule has 2 saturated heterocycles. The second kappa shape index (κ2) is 6.73. The monoisotopic (exact) mass is 281 g/mol. The molecular weight excluding hydrogens is 250 g/mol. The Bertz CT molecular complexity index is 290. The average molecular weight is 281 g/mol. The topological polar surface area (TPSA) is 41.7 Å². The Balaban J connectivity index is 1.47. The molecule has 3 rings (SSSR count). The van der Waals surface area contributed by atoms with Gasteiger partial charge in [-0.2, -0.15) is 0 Å². The summed E-state index contributed by atoms with van der Waals surface area (Å²) in [6.45, 7) is 8.66. The highest BCUT2D eigenvalue weighted by Crippen LogP contribution is 2.30. The van der Waals surface area contributed by atoms with Crippen molar-refractivity contribution in [1.29, 1.82) is 0 Å². The van der Waals surface area contributed by atoms with Crippen LogP contribution in [0.3, 0.4) is 0 Å².